The van der Waals surface area contributed by atoms with E-state index < -0.39 is 0 Å². The quantitative estimate of drug-likeness (QED) is 0.872. The van der Waals surface area contributed by atoms with Crippen LogP contribution in [0.5, 0.6) is 5.75 Å². The van der Waals surface area contributed by atoms with Crippen molar-refractivity contribution in [3.8, 4) is 5.75 Å². The second-order valence-corrected chi connectivity index (χ2v) is 4.72. The maximum absolute atomic E-state index is 13.8. The van der Waals surface area contributed by atoms with Crippen LogP contribution in [0.25, 0.3) is 0 Å². The van der Waals surface area contributed by atoms with E-state index in [-0.39, 0.29) is 11.9 Å². The van der Waals surface area contributed by atoms with E-state index in [1.165, 1.54) is 6.42 Å². The molecule has 1 N–H and O–H groups in total. The third kappa shape index (κ3) is 2.78. The molecule has 17 heavy (non-hydrogen) atoms. The Morgan fingerprint density at radius 3 is 2.82 bits per heavy atom. The summed E-state index contributed by atoms with van der Waals surface area (Å²) in [6, 6.07) is 5.65. The molecule has 0 aromatic heterocycles. The molecule has 94 valence electrons. The summed E-state index contributed by atoms with van der Waals surface area (Å²) in [4.78, 5) is 0. The number of benzene rings is 1. The third-order valence-electron chi connectivity index (χ3n) is 3.51. The SMILES string of the molecule is CNC1CCCCC1Oc1cccc(C)c1F. The van der Waals surface area contributed by atoms with Gasteiger partial charge in [-0.25, -0.2) is 4.39 Å². The molecule has 0 saturated heterocycles. The van der Waals surface area contributed by atoms with Crippen LogP contribution in [0.4, 0.5) is 4.39 Å². The van der Waals surface area contributed by atoms with E-state index in [0.717, 1.165) is 19.3 Å². The van der Waals surface area contributed by atoms with Crippen molar-refractivity contribution in [2.75, 3.05) is 7.05 Å². The van der Waals surface area contributed by atoms with E-state index in [0.29, 0.717) is 17.4 Å². The molecule has 2 nitrogen and oxygen atoms in total. The Kier molecular flexibility index (Phi) is 4.00. The molecule has 1 aliphatic carbocycles. The van der Waals surface area contributed by atoms with Gasteiger partial charge in [0.05, 0.1) is 0 Å². The van der Waals surface area contributed by atoms with Crippen molar-refractivity contribution >= 4 is 0 Å². The Balaban J connectivity index is 2.11. The summed E-state index contributed by atoms with van der Waals surface area (Å²) in [5.74, 6) is 0.157. The lowest BCUT2D eigenvalue weighted by Crippen LogP contribution is -2.43. The smallest absolute Gasteiger partial charge is 0.167 e. The molecule has 1 saturated carbocycles. The van der Waals surface area contributed by atoms with Gasteiger partial charge in [0.25, 0.3) is 0 Å². The highest BCUT2D eigenvalue weighted by Crippen LogP contribution is 2.26. The van der Waals surface area contributed by atoms with Gasteiger partial charge in [0.2, 0.25) is 0 Å². The van der Waals surface area contributed by atoms with Gasteiger partial charge < -0.3 is 10.1 Å². The summed E-state index contributed by atoms with van der Waals surface area (Å²) in [6.45, 7) is 1.76. The predicted octanol–water partition coefficient (Wildman–Crippen LogP) is 3.04. The highest BCUT2D eigenvalue weighted by molar-refractivity contribution is 5.30. The van der Waals surface area contributed by atoms with E-state index in [9.17, 15) is 4.39 Å². The fourth-order valence-electron chi connectivity index (χ4n) is 2.44. The average molecular weight is 237 g/mol. The van der Waals surface area contributed by atoms with Crippen LogP contribution < -0.4 is 10.1 Å². The summed E-state index contributed by atoms with van der Waals surface area (Å²) >= 11 is 0. The maximum Gasteiger partial charge on any atom is 0.167 e. The third-order valence-corrected chi connectivity index (χ3v) is 3.51. The lowest BCUT2D eigenvalue weighted by molar-refractivity contribution is 0.113. The molecule has 0 radical (unpaired) electrons. The Labute approximate surface area is 102 Å². The van der Waals surface area contributed by atoms with E-state index in [1.807, 2.05) is 13.1 Å². The molecular formula is C14H20FNO. The molecule has 0 bridgehead atoms. The van der Waals surface area contributed by atoms with Crippen LogP contribution in [0.15, 0.2) is 18.2 Å². The lowest BCUT2D eigenvalue weighted by atomic mass is 9.92. The minimum absolute atomic E-state index is 0.0880. The molecule has 3 heteroatoms. The van der Waals surface area contributed by atoms with Crippen molar-refractivity contribution in [3.05, 3.63) is 29.6 Å². The number of hydrogen-bond donors (Lipinski definition) is 1. The first-order chi connectivity index (χ1) is 8.22. The van der Waals surface area contributed by atoms with Crippen LogP contribution >= 0.6 is 0 Å². The van der Waals surface area contributed by atoms with Crippen molar-refractivity contribution in [2.24, 2.45) is 0 Å². The van der Waals surface area contributed by atoms with Gasteiger partial charge in [0.1, 0.15) is 6.10 Å². The zero-order valence-corrected chi connectivity index (χ0v) is 10.5. The number of aryl methyl sites for hydroxylation is 1. The zero-order valence-electron chi connectivity index (χ0n) is 10.5. The van der Waals surface area contributed by atoms with Gasteiger partial charge >= 0.3 is 0 Å². The van der Waals surface area contributed by atoms with Crippen LogP contribution in [-0.4, -0.2) is 19.2 Å². The molecule has 2 atom stereocenters. The van der Waals surface area contributed by atoms with Crippen LogP contribution in [0.1, 0.15) is 31.2 Å². The van der Waals surface area contributed by atoms with Crippen LogP contribution in [0, 0.1) is 12.7 Å². The lowest BCUT2D eigenvalue weighted by Gasteiger charge is -2.31. The van der Waals surface area contributed by atoms with Crippen LogP contribution in [0.2, 0.25) is 0 Å². The maximum atomic E-state index is 13.8. The minimum Gasteiger partial charge on any atom is -0.486 e. The molecule has 0 amide bonds. The molecule has 1 aromatic carbocycles. The van der Waals surface area contributed by atoms with Gasteiger partial charge in [-0.05, 0) is 44.9 Å². The molecule has 1 fully saturated rings. The van der Waals surface area contributed by atoms with Gasteiger partial charge in [0, 0.05) is 6.04 Å². The number of rotatable bonds is 3. The number of nitrogens with one attached hydrogen (secondary N) is 1. The van der Waals surface area contributed by atoms with Crippen molar-refractivity contribution in [1.82, 2.24) is 5.32 Å². The summed E-state index contributed by atoms with van der Waals surface area (Å²) in [7, 11) is 1.94. The first kappa shape index (κ1) is 12.4. The Morgan fingerprint density at radius 1 is 1.29 bits per heavy atom. The molecule has 1 aromatic rings. The Morgan fingerprint density at radius 2 is 2.06 bits per heavy atom. The fraction of sp³-hybridized carbons (Fsp3) is 0.571. The summed E-state index contributed by atoms with van der Waals surface area (Å²) in [5, 5.41) is 3.26. The van der Waals surface area contributed by atoms with Gasteiger partial charge in [-0.1, -0.05) is 18.6 Å². The van der Waals surface area contributed by atoms with Gasteiger partial charge in [-0.3, -0.25) is 0 Å². The highest BCUT2D eigenvalue weighted by atomic mass is 19.1. The Bertz CT molecular complexity index is 380. The standard InChI is InChI=1S/C14H20FNO/c1-10-6-5-9-13(14(10)15)17-12-8-4-3-7-11(12)16-2/h5-6,9,11-12,16H,3-4,7-8H2,1-2H3. The van der Waals surface area contributed by atoms with E-state index >= 15 is 0 Å². The Hall–Kier alpha value is -1.09. The normalized spacial score (nSPS) is 24.6. The average Bonchev–Trinajstić information content (AvgIpc) is 2.35. The summed E-state index contributed by atoms with van der Waals surface area (Å²) < 4.78 is 19.7. The second kappa shape index (κ2) is 5.50. The van der Waals surface area contributed by atoms with Gasteiger partial charge in [-0.2, -0.15) is 0 Å². The summed E-state index contributed by atoms with van der Waals surface area (Å²) in [5.41, 5.74) is 0.638. The van der Waals surface area contributed by atoms with Crippen molar-refractivity contribution in [1.29, 1.82) is 0 Å². The summed E-state index contributed by atoms with van der Waals surface area (Å²) in [6.07, 6.45) is 4.58. The molecular weight excluding hydrogens is 217 g/mol. The molecule has 0 aliphatic heterocycles. The molecule has 1 aliphatic rings. The number of halogens is 1. The van der Waals surface area contributed by atoms with Crippen LogP contribution in [-0.2, 0) is 0 Å². The first-order valence-electron chi connectivity index (χ1n) is 6.31. The predicted molar refractivity (Wildman–Crippen MR) is 66.9 cm³/mol. The number of hydrogen-bond acceptors (Lipinski definition) is 2. The monoisotopic (exact) mass is 237 g/mol. The van der Waals surface area contributed by atoms with Crippen LogP contribution in [0.3, 0.4) is 0 Å². The second-order valence-electron chi connectivity index (χ2n) is 4.72. The highest BCUT2D eigenvalue weighted by Gasteiger charge is 2.26. The minimum atomic E-state index is -0.229. The molecule has 0 heterocycles. The number of likely N-dealkylation sites (N-methyl/N-ethyl adjacent to an activating group) is 1. The number of ether oxygens (including phenoxy) is 1. The molecule has 2 unspecified atom stereocenters. The van der Waals surface area contributed by atoms with E-state index in [1.54, 1.807) is 19.1 Å². The largest absolute Gasteiger partial charge is 0.486 e. The van der Waals surface area contributed by atoms with Gasteiger partial charge in [-0.15, -0.1) is 0 Å². The van der Waals surface area contributed by atoms with E-state index in [4.69, 9.17) is 4.74 Å². The molecule has 2 rings (SSSR count). The zero-order chi connectivity index (χ0) is 12.3. The fourth-order valence-corrected chi connectivity index (χ4v) is 2.44. The molecule has 0 spiro atoms. The first-order valence-corrected chi connectivity index (χ1v) is 6.31. The van der Waals surface area contributed by atoms with Crippen molar-refractivity contribution in [2.45, 2.75) is 44.8 Å². The van der Waals surface area contributed by atoms with Crippen molar-refractivity contribution in [3.63, 3.8) is 0 Å². The van der Waals surface area contributed by atoms with Crippen molar-refractivity contribution < 1.29 is 9.13 Å². The van der Waals surface area contributed by atoms with E-state index in [2.05, 4.69) is 5.32 Å². The van der Waals surface area contributed by atoms with Gasteiger partial charge in [0.15, 0.2) is 11.6 Å². The topological polar surface area (TPSA) is 21.3 Å².